The lowest BCUT2D eigenvalue weighted by Gasteiger charge is -2.02. The van der Waals surface area contributed by atoms with Gasteiger partial charge in [0, 0.05) is 16.1 Å². The molecule has 2 N–H and O–H groups in total. The van der Waals surface area contributed by atoms with Crippen LogP contribution in [-0.2, 0) is 0 Å². The standard InChI is InChI=1S/C11H9BrFNS/c1-6-4-10(15-11(6)12)8-5-7(13)2-3-9(8)14/h2-5H,14H2,1H3. The molecule has 0 bridgehead atoms. The van der Waals surface area contributed by atoms with Crippen molar-refractivity contribution in [3.8, 4) is 10.4 Å². The normalized spacial score (nSPS) is 10.6. The zero-order chi connectivity index (χ0) is 11.0. The Morgan fingerprint density at radius 1 is 1.33 bits per heavy atom. The molecule has 0 aliphatic heterocycles. The fourth-order valence-electron chi connectivity index (χ4n) is 1.33. The van der Waals surface area contributed by atoms with Gasteiger partial charge in [0.25, 0.3) is 0 Å². The highest BCUT2D eigenvalue weighted by Gasteiger charge is 2.09. The zero-order valence-electron chi connectivity index (χ0n) is 8.05. The molecule has 0 aliphatic carbocycles. The average molecular weight is 286 g/mol. The highest BCUT2D eigenvalue weighted by Crippen LogP contribution is 2.37. The van der Waals surface area contributed by atoms with Crippen molar-refractivity contribution in [1.82, 2.24) is 0 Å². The molecule has 0 saturated heterocycles. The van der Waals surface area contributed by atoms with Crippen molar-refractivity contribution in [2.24, 2.45) is 0 Å². The van der Waals surface area contributed by atoms with Gasteiger partial charge in [0.1, 0.15) is 5.82 Å². The first kappa shape index (κ1) is 10.6. The molecule has 1 heterocycles. The number of nitrogens with two attached hydrogens (primary N) is 1. The van der Waals surface area contributed by atoms with Gasteiger partial charge in [-0.1, -0.05) is 0 Å². The molecule has 0 fully saturated rings. The molecule has 2 rings (SSSR count). The van der Waals surface area contributed by atoms with E-state index in [9.17, 15) is 4.39 Å². The molecular formula is C11H9BrFNS. The first-order valence-corrected chi connectivity index (χ1v) is 6.00. The summed E-state index contributed by atoms with van der Waals surface area (Å²) in [5, 5.41) is 0. The number of thiophene rings is 1. The number of benzene rings is 1. The summed E-state index contributed by atoms with van der Waals surface area (Å²) in [5.41, 5.74) is 8.30. The predicted octanol–water partition coefficient (Wildman–Crippen LogP) is 4.21. The molecule has 78 valence electrons. The minimum absolute atomic E-state index is 0.263. The number of nitrogen functional groups attached to an aromatic ring is 1. The second kappa shape index (κ2) is 3.94. The van der Waals surface area contributed by atoms with E-state index >= 15 is 0 Å². The van der Waals surface area contributed by atoms with Gasteiger partial charge < -0.3 is 5.73 Å². The van der Waals surface area contributed by atoms with Crippen molar-refractivity contribution >= 4 is 33.0 Å². The minimum Gasteiger partial charge on any atom is -0.398 e. The fourth-order valence-corrected chi connectivity index (χ4v) is 2.91. The van der Waals surface area contributed by atoms with Gasteiger partial charge in [-0.2, -0.15) is 0 Å². The maximum Gasteiger partial charge on any atom is 0.124 e. The number of hydrogen-bond donors (Lipinski definition) is 1. The molecule has 1 nitrogen and oxygen atoms in total. The third-order valence-corrected chi connectivity index (χ3v) is 4.31. The van der Waals surface area contributed by atoms with Crippen LogP contribution in [0.1, 0.15) is 5.56 Å². The molecule has 0 atom stereocenters. The molecular weight excluding hydrogens is 277 g/mol. The maximum absolute atomic E-state index is 13.1. The number of aryl methyl sites for hydroxylation is 1. The van der Waals surface area contributed by atoms with Crippen LogP contribution in [0, 0.1) is 12.7 Å². The third-order valence-electron chi connectivity index (χ3n) is 2.14. The predicted molar refractivity (Wildman–Crippen MR) is 66.6 cm³/mol. The number of hydrogen-bond acceptors (Lipinski definition) is 2. The minimum atomic E-state index is -0.263. The Labute approximate surface area is 99.9 Å². The van der Waals surface area contributed by atoms with Gasteiger partial charge >= 0.3 is 0 Å². The fraction of sp³-hybridized carbons (Fsp3) is 0.0909. The van der Waals surface area contributed by atoms with Crippen molar-refractivity contribution in [2.45, 2.75) is 6.92 Å². The van der Waals surface area contributed by atoms with Crippen LogP contribution in [0.4, 0.5) is 10.1 Å². The zero-order valence-corrected chi connectivity index (χ0v) is 10.5. The van der Waals surface area contributed by atoms with Gasteiger partial charge in [-0.15, -0.1) is 11.3 Å². The summed E-state index contributed by atoms with van der Waals surface area (Å²) in [7, 11) is 0. The lowest BCUT2D eigenvalue weighted by Crippen LogP contribution is -1.89. The van der Waals surface area contributed by atoms with Crippen molar-refractivity contribution in [2.75, 3.05) is 5.73 Å². The Balaban J connectivity index is 2.58. The highest BCUT2D eigenvalue weighted by atomic mass is 79.9. The van der Waals surface area contributed by atoms with Gasteiger partial charge in [0.2, 0.25) is 0 Å². The maximum atomic E-state index is 13.1. The number of halogens is 2. The molecule has 0 spiro atoms. The Morgan fingerprint density at radius 3 is 2.67 bits per heavy atom. The monoisotopic (exact) mass is 285 g/mol. The lowest BCUT2D eigenvalue weighted by molar-refractivity contribution is 0.628. The van der Waals surface area contributed by atoms with Crippen LogP contribution in [0.15, 0.2) is 28.1 Å². The van der Waals surface area contributed by atoms with E-state index in [1.165, 1.54) is 12.1 Å². The Hall–Kier alpha value is -0.870. The molecule has 1 aromatic carbocycles. The lowest BCUT2D eigenvalue weighted by atomic mass is 10.1. The molecule has 0 amide bonds. The summed E-state index contributed by atoms with van der Waals surface area (Å²) in [5.74, 6) is -0.263. The van der Waals surface area contributed by atoms with E-state index in [1.807, 2.05) is 13.0 Å². The second-order valence-corrected chi connectivity index (χ2v) is 5.67. The van der Waals surface area contributed by atoms with Gasteiger partial charge in [-0.3, -0.25) is 0 Å². The Morgan fingerprint density at radius 2 is 2.07 bits per heavy atom. The Kier molecular flexibility index (Phi) is 2.80. The largest absolute Gasteiger partial charge is 0.398 e. The summed E-state index contributed by atoms with van der Waals surface area (Å²) in [6.07, 6.45) is 0. The number of anilines is 1. The van der Waals surface area contributed by atoms with E-state index < -0.39 is 0 Å². The van der Waals surface area contributed by atoms with E-state index in [4.69, 9.17) is 5.73 Å². The first-order valence-electron chi connectivity index (χ1n) is 4.39. The molecule has 0 radical (unpaired) electrons. The van der Waals surface area contributed by atoms with E-state index in [0.29, 0.717) is 5.69 Å². The summed E-state index contributed by atoms with van der Waals surface area (Å²) in [6.45, 7) is 2.00. The van der Waals surface area contributed by atoms with Crippen molar-refractivity contribution in [3.63, 3.8) is 0 Å². The van der Waals surface area contributed by atoms with Crippen molar-refractivity contribution in [1.29, 1.82) is 0 Å². The van der Waals surface area contributed by atoms with Crippen LogP contribution in [0.5, 0.6) is 0 Å². The Bertz CT molecular complexity index is 488. The molecule has 1 aromatic heterocycles. The van der Waals surface area contributed by atoms with Crippen LogP contribution in [0.2, 0.25) is 0 Å². The van der Waals surface area contributed by atoms with Gasteiger partial charge in [-0.25, -0.2) is 4.39 Å². The summed E-state index contributed by atoms with van der Waals surface area (Å²) < 4.78 is 14.1. The van der Waals surface area contributed by atoms with Crippen LogP contribution in [-0.4, -0.2) is 0 Å². The first-order chi connectivity index (χ1) is 7.08. The van der Waals surface area contributed by atoms with Gasteiger partial charge in [0.15, 0.2) is 0 Å². The SMILES string of the molecule is Cc1cc(-c2cc(F)ccc2N)sc1Br. The molecule has 0 unspecified atom stereocenters. The third kappa shape index (κ3) is 2.06. The summed E-state index contributed by atoms with van der Waals surface area (Å²) >= 11 is 5.00. The average Bonchev–Trinajstić information content (AvgIpc) is 2.51. The molecule has 2 aromatic rings. The van der Waals surface area contributed by atoms with Crippen molar-refractivity contribution < 1.29 is 4.39 Å². The molecule has 4 heteroatoms. The van der Waals surface area contributed by atoms with E-state index in [-0.39, 0.29) is 5.82 Å². The quantitative estimate of drug-likeness (QED) is 0.781. The van der Waals surface area contributed by atoms with Crippen molar-refractivity contribution in [3.05, 3.63) is 39.4 Å². The van der Waals surface area contributed by atoms with Gasteiger partial charge in [-0.05, 0) is 52.7 Å². The molecule has 0 saturated carbocycles. The van der Waals surface area contributed by atoms with Crippen LogP contribution in [0.3, 0.4) is 0 Å². The highest BCUT2D eigenvalue weighted by molar-refractivity contribution is 9.11. The molecule has 0 aliphatic rings. The summed E-state index contributed by atoms with van der Waals surface area (Å²) in [4.78, 5) is 0.983. The topological polar surface area (TPSA) is 26.0 Å². The van der Waals surface area contributed by atoms with Gasteiger partial charge in [0.05, 0.1) is 3.79 Å². The molecule has 15 heavy (non-hydrogen) atoms. The second-order valence-electron chi connectivity index (χ2n) is 3.30. The van der Waals surface area contributed by atoms with E-state index in [1.54, 1.807) is 17.4 Å². The van der Waals surface area contributed by atoms with Crippen LogP contribution >= 0.6 is 27.3 Å². The van der Waals surface area contributed by atoms with E-state index in [0.717, 1.165) is 19.8 Å². The summed E-state index contributed by atoms with van der Waals surface area (Å²) in [6, 6.07) is 6.43. The van der Waals surface area contributed by atoms with E-state index in [2.05, 4.69) is 15.9 Å². The smallest absolute Gasteiger partial charge is 0.124 e. The van der Waals surface area contributed by atoms with Crippen LogP contribution < -0.4 is 5.73 Å². The number of rotatable bonds is 1. The van der Waals surface area contributed by atoms with Crippen LogP contribution in [0.25, 0.3) is 10.4 Å².